The SMILES string of the molecule is CCn1cc(C(N)CCc2ccco2)cn1. The maximum absolute atomic E-state index is 6.08. The summed E-state index contributed by atoms with van der Waals surface area (Å²) in [6, 6.07) is 3.91. The Morgan fingerprint density at radius 3 is 3.06 bits per heavy atom. The first-order valence-electron chi connectivity index (χ1n) is 5.60. The maximum atomic E-state index is 6.08. The second kappa shape index (κ2) is 4.99. The fraction of sp³-hybridized carbons (Fsp3) is 0.417. The Morgan fingerprint density at radius 2 is 2.44 bits per heavy atom. The first-order chi connectivity index (χ1) is 7.79. The molecule has 4 nitrogen and oxygen atoms in total. The standard InChI is InChI=1S/C12H17N3O/c1-2-15-9-10(8-14-15)12(13)6-5-11-4-3-7-16-11/h3-4,7-9,12H,2,5-6,13H2,1H3. The third-order valence-electron chi connectivity index (χ3n) is 2.69. The molecule has 0 aliphatic carbocycles. The number of hydrogen-bond acceptors (Lipinski definition) is 3. The Bertz CT molecular complexity index is 419. The van der Waals surface area contributed by atoms with Gasteiger partial charge in [-0.05, 0) is 25.5 Å². The predicted octanol–water partition coefficient (Wildman–Crippen LogP) is 2.13. The van der Waals surface area contributed by atoms with Crippen molar-refractivity contribution in [1.29, 1.82) is 0 Å². The van der Waals surface area contributed by atoms with E-state index in [4.69, 9.17) is 10.2 Å². The molecule has 0 radical (unpaired) electrons. The van der Waals surface area contributed by atoms with Crippen LogP contribution in [-0.4, -0.2) is 9.78 Å². The number of furan rings is 1. The van der Waals surface area contributed by atoms with Crippen molar-refractivity contribution in [2.75, 3.05) is 0 Å². The van der Waals surface area contributed by atoms with Crippen molar-refractivity contribution in [3.8, 4) is 0 Å². The topological polar surface area (TPSA) is 57.0 Å². The second-order valence-corrected chi connectivity index (χ2v) is 3.85. The number of hydrogen-bond donors (Lipinski definition) is 1. The van der Waals surface area contributed by atoms with Gasteiger partial charge in [0.1, 0.15) is 5.76 Å². The Hall–Kier alpha value is -1.55. The van der Waals surface area contributed by atoms with Crippen molar-refractivity contribution >= 4 is 0 Å². The molecule has 1 atom stereocenters. The molecule has 4 heteroatoms. The zero-order chi connectivity index (χ0) is 11.4. The highest BCUT2D eigenvalue weighted by molar-refractivity contribution is 5.10. The van der Waals surface area contributed by atoms with Gasteiger partial charge in [0.25, 0.3) is 0 Å². The van der Waals surface area contributed by atoms with E-state index in [-0.39, 0.29) is 6.04 Å². The van der Waals surface area contributed by atoms with Crippen LogP contribution in [-0.2, 0) is 13.0 Å². The summed E-state index contributed by atoms with van der Waals surface area (Å²) >= 11 is 0. The first-order valence-corrected chi connectivity index (χ1v) is 5.60. The highest BCUT2D eigenvalue weighted by Gasteiger charge is 2.09. The van der Waals surface area contributed by atoms with Crippen LogP contribution in [0.1, 0.15) is 30.7 Å². The molecule has 0 fully saturated rings. The maximum Gasteiger partial charge on any atom is 0.103 e. The fourth-order valence-electron chi connectivity index (χ4n) is 1.66. The van der Waals surface area contributed by atoms with E-state index in [2.05, 4.69) is 12.0 Å². The van der Waals surface area contributed by atoms with Crippen molar-refractivity contribution < 1.29 is 4.42 Å². The molecule has 2 aromatic heterocycles. The first kappa shape index (κ1) is 11.0. The molecule has 1 unspecified atom stereocenters. The average Bonchev–Trinajstić information content (AvgIpc) is 2.96. The average molecular weight is 219 g/mol. The molecule has 86 valence electrons. The van der Waals surface area contributed by atoms with Crippen LogP contribution in [0.5, 0.6) is 0 Å². The lowest BCUT2D eigenvalue weighted by Crippen LogP contribution is -2.10. The molecular weight excluding hydrogens is 202 g/mol. The molecule has 0 spiro atoms. The zero-order valence-corrected chi connectivity index (χ0v) is 9.47. The third-order valence-corrected chi connectivity index (χ3v) is 2.69. The van der Waals surface area contributed by atoms with Crippen LogP contribution in [0.15, 0.2) is 35.2 Å². The molecule has 0 aromatic carbocycles. The molecular formula is C12H17N3O. The summed E-state index contributed by atoms with van der Waals surface area (Å²) in [5, 5.41) is 4.21. The van der Waals surface area contributed by atoms with E-state index in [1.165, 1.54) is 0 Å². The summed E-state index contributed by atoms with van der Waals surface area (Å²) in [6.45, 7) is 2.94. The Labute approximate surface area is 95.1 Å². The summed E-state index contributed by atoms with van der Waals surface area (Å²) in [7, 11) is 0. The number of rotatable bonds is 5. The van der Waals surface area contributed by atoms with Crippen LogP contribution in [0.3, 0.4) is 0 Å². The summed E-state index contributed by atoms with van der Waals surface area (Å²) in [5.74, 6) is 0.985. The van der Waals surface area contributed by atoms with Gasteiger partial charge >= 0.3 is 0 Å². The Balaban J connectivity index is 1.90. The van der Waals surface area contributed by atoms with Crippen molar-refractivity contribution in [2.24, 2.45) is 5.73 Å². The minimum absolute atomic E-state index is 0.0328. The summed E-state index contributed by atoms with van der Waals surface area (Å²) in [5.41, 5.74) is 7.18. The van der Waals surface area contributed by atoms with Gasteiger partial charge in [0.15, 0.2) is 0 Å². The minimum atomic E-state index is 0.0328. The van der Waals surface area contributed by atoms with Gasteiger partial charge in [0.05, 0.1) is 12.5 Å². The van der Waals surface area contributed by atoms with Gasteiger partial charge in [-0.25, -0.2) is 0 Å². The van der Waals surface area contributed by atoms with Crippen molar-refractivity contribution in [2.45, 2.75) is 32.4 Å². The fourth-order valence-corrected chi connectivity index (χ4v) is 1.66. The van der Waals surface area contributed by atoms with E-state index >= 15 is 0 Å². The minimum Gasteiger partial charge on any atom is -0.469 e. The van der Waals surface area contributed by atoms with Crippen LogP contribution < -0.4 is 5.73 Å². The molecule has 2 rings (SSSR count). The van der Waals surface area contributed by atoms with Crippen LogP contribution in [0.2, 0.25) is 0 Å². The highest BCUT2D eigenvalue weighted by Crippen LogP contribution is 2.16. The third kappa shape index (κ3) is 2.52. The monoisotopic (exact) mass is 219 g/mol. The molecule has 0 aliphatic heterocycles. The molecule has 16 heavy (non-hydrogen) atoms. The van der Waals surface area contributed by atoms with Gasteiger partial charge in [0, 0.05) is 30.8 Å². The molecule has 2 heterocycles. The van der Waals surface area contributed by atoms with E-state index < -0.39 is 0 Å². The number of nitrogens with zero attached hydrogens (tertiary/aromatic N) is 2. The highest BCUT2D eigenvalue weighted by atomic mass is 16.3. The lowest BCUT2D eigenvalue weighted by Gasteiger charge is -2.07. The van der Waals surface area contributed by atoms with Crippen LogP contribution in [0.4, 0.5) is 0 Å². The molecule has 0 aliphatic rings. The van der Waals surface area contributed by atoms with Gasteiger partial charge in [-0.1, -0.05) is 0 Å². The van der Waals surface area contributed by atoms with E-state index in [0.29, 0.717) is 0 Å². The number of aromatic nitrogens is 2. The molecule has 0 bridgehead atoms. The van der Waals surface area contributed by atoms with Crippen molar-refractivity contribution in [3.05, 3.63) is 42.1 Å². The number of nitrogens with two attached hydrogens (primary N) is 1. The lowest BCUT2D eigenvalue weighted by atomic mass is 10.1. The van der Waals surface area contributed by atoms with E-state index in [0.717, 1.165) is 30.7 Å². The van der Waals surface area contributed by atoms with Crippen LogP contribution >= 0.6 is 0 Å². The van der Waals surface area contributed by atoms with Crippen molar-refractivity contribution in [3.63, 3.8) is 0 Å². The van der Waals surface area contributed by atoms with Gasteiger partial charge in [0.2, 0.25) is 0 Å². The summed E-state index contributed by atoms with van der Waals surface area (Å²) in [4.78, 5) is 0. The van der Waals surface area contributed by atoms with Crippen molar-refractivity contribution in [1.82, 2.24) is 9.78 Å². The molecule has 0 saturated heterocycles. The van der Waals surface area contributed by atoms with Gasteiger partial charge in [-0.2, -0.15) is 5.10 Å². The van der Waals surface area contributed by atoms with Gasteiger partial charge in [-0.15, -0.1) is 0 Å². The lowest BCUT2D eigenvalue weighted by molar-refractivity contribution is 0.488. The molecule has 0 amide bonds. The predicted molar refractivity (Wildman–Crippen MR) is 61.9 cm³/mol. The molecule has 2 N–H and O–H groups in total. The largest absolute Gasteiger partial charge is 0.469 e. The summed E-state index contributed by atoms with van der Waals surface area (Å²) in [6.07, 6.45) is 7.29. The van der Waals surface area contributed by atoms with Gasteiger partial charge < -0.3 is 10.2 Å². The smallest absolute Gasteiger partial charge is 0.103 e. The normalized spacial score (nSPS) is 12.9. The van der Waals surface area contributed by atoms with E-state index in [9.17, 15) is 0 Å². The quantitative estimate of drug-likeness (QED) is 0.838. The molecule has 2 aromatic rings. The Kier molecular flexibility index (Phi) is 3.41. The van der Waals surface area contributed by atoms with E-state index in [1.54, 1.807) is 6.26 Å². The summed E-state index contributed by atoms with van der Waals surface area (Å²) < 4.78 is 7.16. The number of aryl methyl sites for hydroxylation is 2. The van der Waals surface area contributed by atoms with Gasteiger partial charge in [-0.3, -0.25) is 4.68 Å². The Morgan fingerprint density at radius 1 is 1.56 bits per heavy atom. The molecule has 0 saturated carbocycles. The second-order valence-electron chi connectivity index (χ2n) is 3.85. The van der Waals surface area contributed by atoms with Crippen LogP contribution in [0, 0.1) is 0 Å². The zero-order valence-electron chi connectivity index (χ0n) is 9.47. The van der Waals surface area contributed by atoms with E-state index in [1.807, 2.05) is 29.2 Å². The van der Waals surface area contributed by atoms with Crippen LogP contribution in [0.25, 0.3) is 0 Å².